The summed E-state index contributed by atoms with van der Waals surface area (Å²) in [6, 6.07) is 11.7. The Balaban J connectivity index is 1.99. The molecule has 0 N–H and O–H groups in total. The maximum absolute atomic E-state index is 14.5. The molecule has 0 unspecified atom stereocenters. The standard InChI is InChI=1S/C26H25FN4O5S/c1-5-36-24-13-17(10-11-23(24)35-3)22(15-37(4,33)34)31-25-21(30(16-28-2)26(31)32)12-18(14-29-25)19-8-6-7-9-20(19)27/h6-14,22H,5,15-16H2,1,3-4H3/t22-/m1/s1. The summed E-state index contributed by atoms with van der Waals surface area (Å²) in [5.74, 6) is -0.00901. The lowest BCUT2D eigenvalue weighted by molar-refractivity contribution is 0.310. The molecule has 2 aromatic heterocycles. The van der Waals surface area contributed by atoms with E-state index in [1.54, 1.807) is 49.4 Å². The summed E-state index contributed by atoms with van der Waals surface area (Å²) in [5.41, 5.74) is 1.06. The molecule has 2 heterocycles. The van der Waals surface area contributed by atoms with Gasteiger partial charge in [0.1, 0.15) is 15.7 Å². The zero-order chi connectivity index (χ0) is 26.7. The van der Waals surface area contributed by atoms with Gasteiger partial charge in [0.05, 0.1) is 31.0 Å². The highest BCUT2D eigenvalue weighted by molar-refractivity contribution is 7.90. The van der Waals surface area contributed by atoms with Crippen LogP contribution in [0.1, 0.15) is 18.5 Å². The Labute approximate surface area is 213 Å². The first-order valence-corrected chi connectivity index (χ1v) is 13.4. The van der Waals surface area contributed by atoms with Crippen molar-refractivity contribution in [1.29, 1.82) is 0 Å². The SMILES string of the molecule is [C-]#[N+]Cn1c(=O)n([C@H](CS(C)(=O)=O)c2ccc(OC)c(OCC)c2)c2ncc(-c3ccccc3F)cc21. The molecule has 4 aromatic rings. The molecule has 0 radical (unpaired) electrons. The van der Waals surface area contributed by atoms with E-state index in [-0.39, 0.29) is 17.9 Å². The fourth-order valence-corrected chi connectivity index (χ4v) is 5.18. The van der Waals surface area contributed by atoms with Crippen molar-refractivity contribution in [1.82, 2.24) is 14.1 Å². The highest BCUT2D eigenvalue weighted by Gasteiger charge is 2.28. The van der Waals surface area contributed by atoms with Gasteiger partial charge in [-0.3, -0.25) is 9.41 Å². The number of sulfone groups is 1. The second-order valence-corrected chi connectivity index (χ2v) is 10.6. The Morgan fingerprint density at radius 1 is 1.16 bits per heavy atom. The summed E-state index contributed by atoms with van der Waals surface area (Å²) in [4.78, 5) is 21.5. The summed E-state index contributed by atoms with van der Waals surface area (Å²) in [6.07, 6.45) is 2.51. The third-order valence-corrected chi connectivity index (χ3v) is 6.77. The van der Waals surface area contributed by atoms with Crippen LogP contribution < -0.4 is 15.2 Å². The molecule has 9 nitrogen and oxygen atoms in total. The average molecular weight is 525 g/mol. The number of nitrogens with zero attached hydrogens (tertiary/aromatic N) is 4. The van der Waals surface area contributed by atoms with Gasteiger partial charge in [-0.25, -0.2) is 33.7 Å². The van der Waals surface area contributed by atoms with Crippen LogP contribution in [-0.2, 0) is 16.5 Å². The molecule has 0 aliphatic heterocycles. The van der Waals surface area contributed by atoms with Crippen molar-refractivity contribution < 1.29 is 22.3 Å². The van der Waals surface area contributed by atoms with Crippen LogP contribution in [0, 0.1) is 12.4 Å². The first kappa shape index (κ1) is 25.9. The van der Waals surface area contributed by atoms with Crippen LogP contribution in [0.3, 0.4) is 0 Å². The Morgan fingerprint density at radius 2 is 1.92 bits per heavy atom. The lowest BCUT2D eigenvalue weighted by Gasteiger charge is -2.20. The van der Waals surface area contributed by atoms with E-state index in [1.165, 1.54) is 28.5 Å². The van der Waals surface area contributed by atoms with Gasteiger partial charge in [-0.2, -0.15) is 0 Å². The van der Waals surface area contributed by atoms with Crippen LogP contribution in [0.5, 0.6) is 11.5 Å². The van der Waals surface area contributed by atoms with Crippen molar-refractivity contribution in [2.24, 2.45) is 0 Å². The van der Waals surface area contributed by atoms with E-state index in [0.29, 0.717) is 34.7 Å². The number of halogens is 1. The molecule has 0 amide bonds. The van der Waals surface area contributed by atoms with Gasteiger partial charge in [-0.15, -0.1) is 0 Å². The average Bonchev–Trinajstić information content (AvgIpc) is 3.13. The molecule has 0 aliphatic rings. The lowest BCUT2D eigenvalue weighted by atomic mass is 10.1. The van der Waals surface area contributed by atoms with Gasteiger partial charge in [-0.1, -0.05) is 24.3 Å². The molecule has 0 aliphatic carbocycles. The monoisotopic (exact) mass is 524 g/mol. The van der Waals surface area contributed by atoms with Crippen molar-refractivity contribution >= 4 is 21.0 Å². The zero-order valence-corrected chi connectivity index (χ0v) is 21.3. The third kappa shape index (κ3) is 5.20. The number of aromatic nitrogens is 3. The molecule has 0 spiro atoms. The van der Waals surface area contributed by atoms with Crippen LogP contribution in [0.2, 0.25) is 0 Å². The third-order valence-electron chi connectivity index (χ3n) is 5.84. The minimum atomic E-state index is -3.58. The second-order valence-electron chi connectivity index (χ2n) is 8.38. The first-order valence-electron chi connectivity index (χ1n) is 11.4. The molecule has 11 heteroatoms. The highest BCUT2D eigenvalue weighted by atomic mass is 32.2. The number of pyridine rings is 1. The van der Waals surface area contributed by atoms with Crippen molar-refractivity contribution in [3.63, 3.8) is 0 Å². The minimum absolute atomic E-state index is 0.177. The van der Waals surface area contributed by atoms with Crippen molar-refractivity contribution in [2.45, 2.75) is 19.6 Å². The number of benzene rings is 2. The van der Waals surface area contributed by atoms with Gasteiger partial charge in [0, 0.05) is 23.6 Å². The van der Waals surface area contributed by atoms with E-state index in [9.17, 15) is 17.6 Å². The van der Waals surface area contributed by atoms with Gasteiger partial charge in [-0.05, 0) is 36.8 Å². The number of fused-ring (bicyclic) bond motifs is 1. The van der Waals surface area contributed by atoms with Crippen LogP contribution in [-0.4, -0.2) is 48.3 Å². The summed E-state index contributed by atoms with van der Waals surface area (Å²) in [7, 11) is -2.09. The maximum Gasteiger partial charge on any atom is 0.336 e. The summed E-state index contributed by atoms with van der Waals surface area (Å²) >= 11 is 0. The van der Waals surface area contributed by atoms with Gasteiger partial charge < -0.3 is 9.47 Å². The molecule has 37 heavy (non-hydrogen) atoms. The predicted molar refractivity (Wildman–Crippen MR) is 138 cm³/mol. The van der Waals surface area contributed by atoms with E-state index in [2.05, 4.69) is 9.83 Å². The second kappa shape index (κ2) is 10.4. The van der Waals surface area contributed by atoms with Crippen molar-refractivity contribution in [3.8, 4) is 22.6 Å². The number of rotatable bonds is 9. The van der Waals surface area contributed by atoms with Crippen molar-refractivity contribution in [2.75, 3.05) is 25.7 Å². The van der Waals surface area contributed by atoms with Crippen LogP contribution in [0.15, 0.2) is 59.5 Å². The van der Waals surface area contributed by atoms with Gasteiger partial charge in [0.25, 0.3) is 6.67 Å². The molecule has 2 aromatic carbocycles. The van der Waals surface area contributed by atoms with E-state index < -0.39 is 33.1 Å². The number of imidazole rings is 1. The Bertz CT molecular complexity index is 1670. The fourth-order valence-electron chi connectivity index (χ4n) is 4.26. The molecule has 0 fully saturated rings. The fraction of sp³-hybridized carbons (Fsp3) is 0.269. The molecule has 0 saturated heterocycles. The summed E-state index contributed by atoms with van der Waals surface area (Å²) in [5, 5.41) is 0. The molecular weight excluding hydrogens is 499 g/mol. The molecule has 192 valence electrons. The van der Waals surface area contributed by atoms with E-state index in [4.69, 9.17) is 16.0 Å². The van der Waals surface area contributed by atoms with Gasteiger partial charge >= 0.3 is 5.69 Å². The van der Waals surface area contributed by atoms with E-state index >= 15 is 0 Å². The number of hydrogen-bond donors (Lipinski definition) is 0. The quantitative estimate of drug-likeness (QED) is 0.308. The predicted octanol–water partition coefficient (Wildman–Crippen LogP) is 3.92. The van der Waals surface area contributed by atoms with Gasteiger partial charge in [0.15, 0.2) is 17.1 Å². The Hall–Kier alpha value is -4.17. The molecule has 1 atom stereocenters. The van der Waals surface area contributed by atoms with Gasteiger partial charge in [0.2, 0.25) is 0 Å². The first-order chi connectivity index (χ1) is 17.7. The summed E-state index contributed by atoms with van der Waals surface area (Å²) in [6.45, 7) is 9.19. The number of methoxy groups -OCH3 is 1. The molecule has 4 rings (SSSR count). The normalized spacial score (nSPS) is 12.3. The van der Waals surface area contributed by atoms with Crippen LogP contribution in [0.25, 0.3) is 27.1 Å². The topological polar surface area (TPSA) is 96.8 Å². The van der Waals surface area contributed by atoms with Crippen LogP contribution in [0.4, 0.5) is 4.39 Å². The minimum Gasteiger partial charge on any atom is -0.493 e. The largest absolute Gasteiger partial charge is 0.493 e. The number of ether oxygens (including phenoxy) is 2. The zero-order valence-electron chi connectivity index (χ0n) is 20.5. The number of hydrogen-bond acceptors (Lipinski definition) is 6. The Kier molecular flexibility index (Phi) is 7.31. The van der Waals surface area contributed by atoms with E-state index in [0.717, 1.165) is 6.26 Å². The molecule has 0 bridgehead atoms. The summed E-state index contributed by atoms with van der Waals surface area (Å²) < 4.78 is 52.9. The molecule has 0 saturated carbocycles. The smallest absolute Gasteiger partial charge is 0.336 e. The van der Waals surface area contributed by atoms with E-state index in [1.807, 2.05) is 0 Å². The lowest BCUT2D eigenvalue weighted by Crippen LogP contribution is -2.31. The molecular formula is C26H25FN4O5S. The Morgan fingerprint density at radius 3 is 2.57 bits per heavy atom. The maximum atomic E-state index is 14.5. The van der Waals surface area contributed by atoms with Crippen LogP contribution >= 0.6 is 0 Å². The van der Waals surface area contributed by atoms with Crippen molar-refractivity contribution in [3.05, 3.63) is 88.0 Å². The highest BCUT2D eigenvalue weighted by Crippen LogP contribution is 2.33.